The fourth-order valence-corrected chi connectivity index (χ4v) is 2.95. The molecule has 5 aromatic rings. The summed E-state index contributed by atoms with van der Waals surface area (Å²) in [5, 5.41) is 19.4. The molecule has 3 aromatic heterocycles. The highest BCUT2D eigenvalue weighted by molar-refractivity contribution is 5.79. The Morgan fingerprint density at radius 3 is 2.50 bits per heavy atom. The Bertz CT molecular complexity index is 1380. The van der Waals surface area contributed by atoms with Gasteiger partial charge in [0.25, 0.3) is 5.89 Å². The first-order chi connectivity index (χ1) is 14.5. The summed E-state index contributed by atoms with van der Waals surface area (Å²) in [4.78, 5) is 18.2. The highest BCUT2D eigenvalue weighted by Gasteiger charge is 2.17. The van der Waals surface area contributed by atoms with Crippen LogP contribution in [0.25, 0.3) is 33.9 Å². The van der Waals surface area contributed by atoms with E-state index in [0.29, 0.717) is 34.5 Å². The average molecular weight is 410 g/mol. The fraction of sp³-hybridized carbons (Fsp3) is 0.111. The maximum Gasteiger partial charge on any atom is 0.323 e. The van der Waals surface area contributed by atoms with Crippen LogP contribution in [0.5, 0.6) is 0 Å². The summed E-state index contributed by atoms with van der Waals surface area (Å²) in [7, 11) is 0. The van der Waals surface area contributed by atoms with E-state index in [1.807, 2.05) is 0 Å². The summed E-state index contributed by atoms with van der Waals surface area (Å²) in [6, 6.07) is 12.3. The largest absolute Gasteiger partial charge is 0.415 e. The molecule has 3 heterocycles. The molecule has 12 heteroatoms. The summed E-state index contributed by atoms with van der Waals surface area (Å²) in [6.45, 7) is 0.350. The third-order valence-corrected chi connectivity index (χ3v) is 4.38. The zero-order chi connectivity index (χ0) is 20.7. The predicted molar refractivity (Wildman–Crippen MR) is 99.5 cm³/mol. The highest BCUT2D eigenvalue weighted by Crippen LogP contribution is 2.23. The molecule has 0 unspecified atom stereocenters. The second-order valence-electron chi connectivity index (χ2n) is 6.43. The van der Waals surface area contributed by atoms with Crippen molar-refractivity contribution in [2.75, 3.05) is 0 Å². The van der Waals surface area contributed by atoms with Crippen molar-refractivity contribution in [3.05, 3.63) is 64.4 Å². The van der Waals surface area contributed by atoms with Crippen LogP contribution in [0.2, 0.25) is 0 Å². The number of halogens is 2. The molecule has 0 aliphatic carbocycles. The van der Waals surface area contributed by atoms with E-state index in [2.05, 4.69) is 35.6 Å². The maximum absolute atomic E-state index is 12.6. The molecule has 30 heavy (non-hydrogen) atoms. The molecular weight excluding hydrogens is 398 g/mol. The van der Waals surface area contributed by atoms with Gasteiger partial charge in [-0.15, -0.1) is 20.4 Å². The highest BCUT2D eigenvalue weighted by atomic mass is 19.3. The zero-order valence-electron chi connectivity index (χ0n) is 15.1. The molecule has 2 aromatic carbocycles. The molecule has 0 aliphatic rings. The van der Waals surface area contributed by atoms with E-state index >= 15 is 0 Å². The Balaban J connectivity index is 1.33. The van der Waals surface area contributed by atoms with Crippen LogP contribution >= 0.6 is 0 Å². The number of hydrogen-bond donors (Lipinski definition) is 2. The minimum atomic E-state index is -2.81. The first-order valence-corrected chi connectivity index (χ1v) is 8.76. The number of benzene rings is 2. The van der Waals surface area contributed by atoms with Gasteiger partial charge in [0.2, 0.25) is 11.7 Å². The number of hydrogen-bond acceptors (Lipinski definition) is 7. The Kier molecular flexibility index (Phi) is 4.16. The van der Waals surface area contributed by atoms with Crippen molar-refractivity contribution in [3.8, 4) is 22.8 Å². The summed E-state index contributed by atoms with van der Waals surface area (Å²) >= 11 is 0. The van der Waals surface area contributed by atoms with Gasteiger partial charge in [-0.1, -0.05) is 12.1 Å². The zero-order valence-corrected chi connectivity index (χ0v) is 15.1. The summed E-state index contributed by atoms with van der Waals surface area (Å²) in [5.74, 6) is -0.271. The third-order valence-electron chi connectivity index (χ3n) is 4.38. The van der Waals surface area contributed by atoms with E-state index in [4.69, 9.17) is 4.42 Å². The van der Waals surface area contributed by atoms with Crippen molar-refractivity contribution in [2.45, 2.75) is 13.0 Å². The van der Waals surface area contributed by atoms with Crippen molar-refractivity contribution < 1.29 is 13.2 Å². The average Bonchev–Trinajstić information content (AvgIpc) is 3.47. The van der Waals surface area contributed by atoms with Crippen LogP contribution < -0.4 is 5.69 Å². The summed E-state index contributed by atoms with van der Waals surface area (Å²) in [6.07, 6.45) is -2.81. The molecule has 0 fully saturated rings. The van der Waals surface area contributed by atoms with E-state index in [1.54, 1.807) is 42.5 Å². The van der Waals surface area contributed by atoms with E-state index in [9.17, 15) is 13.6 Å². The number of nitrogens with one attached hydrogen (secondary N) is 2. The van der Waals surface area contributed by atoms with E-state index in [0.717, 1.165) is 5.56 Å². The topological polar surface area (TPSA) is 131 Å². The number of H-pyrrole nitrogens is 2. The second kappa shape index (κ2) is 6.99. The van der Waals surface area contributed by atoms with Crippen LogP contribution in [0.3, 0.4) is 0 Å². The number of aromatic amines is 2. The van der Waals surface area contributed by atoms with Crippen molar-refractivity contribution in [2.24, 2.45) is 0 Å². The number of tetrazole rings is 1. The summed E-state index contributed by atoms with van der Waals surface area (Å²) < 4.78 is 30.1. The fourth-order valence-electron chi connectivity index (χ4n) is 2.95. The molecular formula is C18H12F2N8O2. The number of aromatic nitrogens is 8. The first-order valence-electron chi connectivity index (χ1n) is 8.76. The van der Waals surface area contributed by atoms with Gasteiger partial charge in [-0.2, -0.15) is 13.6 Å². The van der Waals surface area contributed by atoms with Crippen LogP contribution in [-0.2, 0) is 6.54 Å². The van der Waals surface area contributed by atoms with Gasteiger partial charge in [-0.05, 0) is 41.1 Å². The monoisotopic (exact) mass is 410 g/mol. The van der Waals surface area contributed by atoms with Crippen molar-refractivity contribution in [1.82, 2.24) is 40.4 Å². The standard InChI is InChI=1S/C18H12F2N8O2/c19-14(20)17-25-24-16(30-17)10-3-1-9(2-4-10)8-28-26-15(23-27-28)11-5-6-12-13(7-11)22-18(29)21-12/h1-7,14H,8H2,(H2,21,22,29). The van der Waals surface area contributed by atoms with E-state index in [-0.39, 0.29) is 11.6 Å². The second-order valence-corrected chi connectivity index (χ2v) is 6.43. The lowest BCUT2D eigenvalue weighted by atomic mass is 10.1. The van der Waals surface area contributed by atoms with Crippen LogP contribution in [0, 0.1) is 0 Å². The molecule has 0 saturated heterocycles. The smallest absolute Gasteiger partial charge is 0.323 e. The number of imidazole rings is 1. The lowest BCUT2D eigenvalue weighted by Crippen LogP contribution is -2.03. The Hall–Kier alpha value is -4.22. The molecule has 0 aliphatic heterocycles. The van der Waals surface area contributed by atoms with Gasteiger partial charge in [-0.3, -0.25) is 0 Å². The maximum atomic E-state index is 12.6. The van der Waals surface area contributed by atoms with Gasteiger partial charge in [0, 0.05) is 11.1 Å². The summed E-state index contributed by atoms with van der Waals surface area (Å²) in [5.41, 5.74) is 3.17. The molecule has 10 nitrogen and oxygen atoms in total. The van der Waals surface area contributed by atoms with Crippen LogP contribution in [0.1, 0.15) is 17.9 Å². The van der Waals surface area contributed by atoms with Crippen LogP contribution in [0.15, 0.2) is 51.7 Å². The van der Waals surface area contributed by atoms with Crippen LogP contribution in [0.4, 0.5) is 8.78 Å². The normalized spacial score (nSPS) is 11.6. The SMILES string of the molecule is O=c1[nH]c2ccc(-c3nnn(Cc4ccc(-c5nnc(C(F)F)o5)cc4)n3)cc2[nH]1. The van der Waals surface area contributed by atoms with E-state index < -0.39 is 12.3 Å². The molecule has 5 rings (SSSR count). The molecule has 2 N–H and O–H groups in total. The number of nitrogens with zero attached hydrogens (tertiary/aromatic N) is 6. The molecule has 0 spiro atoms. The lowest BCUT2D eigenvalue weighted by Gasteiger charge is -2.01. The van der Waals surface area contributed by atoms with E-state index in [1.165, 1.54) is 4.80 Å². The van der Waals surface area contributed by atoms with Crippen molar-refractivity contribution in [3.63, 3.8) is 0 Å². The third kappa shape index (κ3) is 3.34. The quantitative estimate of drug-likeness (QED) is 0.455. The van der Waals surface area contributed by atoms with Gasteiger partial charge < -0.3 is 14.4 Å². The van der Waals surface area contributed by atoms with Gasteiger partial charge in [0.15, 0.2) is 0 Å². The Morgan fingerprint density at radius 2 is 1.73 bits per heavy atom. The van der Waals surface area contributed by atoms with Gasteiger partial charge >= 0.3 is 12.1 Å². The van der Waals surface area contributed by atoms with Gasteiger partial charge in [0.05, 0.1) is 17.6 Å². The lowest BCUT2D eigenvalue weighted by molar-refractivity contribution is 0.116. The van der Waals surface area contributed by atoms with Crippen molar-refractivity contribution >= 4 is 11.0 Å². The number of fused-ring (bicyclic) bond motifs is 1. The minimum absolute atomic E-state index is 0.0243. The number of rotatable bonds is 5. The molecule has 150 valence electrons. The number of alkyl halides is 2. The molecule has 0 bridgehead atoms. The Labute approximate surface area is 165 Å². The molecule has 0 atom stereocenters. The van der Waals surface area contributed by atoms with Crippen molar-refractivity contribution in [1.29, 1.82) is 0 Å². The first kappa shape index (κ1) is 17.8. The molecule has 0 saturated carbocycles. The Morgan fingerprint density at radius 1 is 0.967 bits per heavy atom. The minimum Gasteiger partial charge on any atom is -0.415 e. The van der Waals surface area contributed by atoms with Gasteiger partial charge in [-0.25, -0.2) is 4.79 Å². The van der Waals surface area contributed by atoms with Crippen LogP contribution in [-0.4, -0.2) is 40.4 Å². The predicted octanol–water partition coefficient (Wildman–Crippen LogP) is 2.55. The molecule has 0 radical (unpaired) electrons. The molecule has 0 amide bonds. The van der Waals surface area contributed by atoms with Gasteiger partial charge in [0.1, 0.15) is 0 Å².